The molecule has 1 aliphatic rings. The third-order valence-electron chi connectivity index (χ3n) is 4.04. The molecule has 1 saturated heterocycles. The van der Waals surface area contributed by atoms with Gasteiger partial charge in [-0.3, -0.25) is 4.90 Å². The number of benzene rings is 1. The van der Waals surface area contributed by atoms with Gasteiger partial charge in [-0.05, 0) is 24.1 Å². The predicted molar refractivity (Wildman–Crippen MR) is 88.2 cm³/mol. The van der Waals surface area contributed by atoms with Gasteiger partial charge in [0, 0.05) is 32.7 Å². The monoisotopic (exact) mass is 309 g/mol. The minimum Gasteiger partial charge on any atom is -0.396 e. The summed E-state index contributed by atoms with van der Waals surface area (Å²) in [6.45, 7) is 10.8. The molecule has 1 aromatic rings. The lowest BCUT2D eigenvalue weighted by atomic mass is 9.91. The lowest BCUT2D eigenvalue weighted by Gasteiger charge is -2.37. The van der Waals surface area contributed by atoms with Crippen LogP contribution in [0, 0.1) is 11.2 Å². The van der Waals surface area contributed by atoms with E-state index in [9.17, 15) is 4.39 Å². The Morgan fingerprint density at radius 1 is 1.32 bits per heavy atom. The number of rotatable bonds is 6. The second kappa shape index (κ2) is 7.40. The molecular weight excluding hydrogens is 281 g/mol. The summed E-state index contributed by atoms with van der Waals surface area (Å²) in [5.74, 6) is -0.335. The first-order valence-electron chi connectivity index (χ1n) is 7.89. The molecule has 4 nitrogen and oxygen atoms in total. The highest BCUT2D eigenvalue weighted by atomic mass is 19.1. The molecule has 1 aliphatic heterocycles. The Morgan fingerprint density at radius 3 is 2.68 bits per heavy atom. The summed E-state index contributed by atoms with van der Waals surface area (Å²) in [6, 6.07) is 5.01. The number of ether oxygens (including phenoxy) is 1. The number of morpholine rings is 1. The second-order valence-electron chi connectivity index (χ2n) is 7.04. The fourth-order valence-corrected chi connectivity index (χ4v) is 3.21. The van der Waals surface area contributed by atoms with E-state index in [1.807, 2.05) is 6.07 Å². The number of hydrogen-bond acceptors (Lipinski definition) is 4. The van der Waals surface area contributed by atoms with Crippen LogP contribution in [0.25, 0.3) is 0 Å². The van der Waals surface area contributed by atoms with E-state index in [2.05, 4.69) is 30.7 Å². The van der Waals surface area contributed by atoms with E-state index >= 15 is 0 Å². The number of para-hydroxylation sites is 1. The molecule has 2 N–H and O–H groups in total. The highest BCUT2D eigenvalue weighted by molar-refractivity contribution is 5.47. The van der Waals surface area contributed by atoms with Crippen molar-refractivity contribution in [3.05, 3.63) is 29.6 Å². The largest absolute Gasteiger partial charge is 0.396 e. The maximum atomic E-state index is 13.5. The standard InChI is InChI=1S/C17H28FN3O/c1-17(2,13-21-7-9-22-10-8-21)12-20(3)11-14-5-4-6-15(18)16(14)19/h4-6H,7-13,19H2,1-3H3. The van der Waals surface area contributed by atoms with Crippen molar-refractivity contribution in [1.82, 2.24) is 9.80 Å². The Morgan fingerprint density at radius 2 is 2.00 bits per heavy atom. The van der Waals surface area contributed by atoms with Gasteiger partial charge in [-0.2, -0.15) is 0 Å². The lowest BCUT2D eigenvalue weighted by molar-refractivity contribution is 0.0161. The molecule has 0 radical (unpaired) electrons. The third-order valence-corrected chi connectivity index (χ3v) is 4.04. The molecular formula is C17H28FN3O. The van der Waals surface area contributed by atoms with E-state index in [1.165, 1.54) is 6.07 Å². The fourth-order valence-electron chi connectivity index (χ4n) is 3.21. The van der Waals surface area contributed by atoms with Crippen molar-refractivity contribution in [3.8, 4) is 0 Å². The summed E-state index contributed by atoms with van der Waals surface area (Å²) in [5, 5.41) is 0. The Hall–Kier alpha value is -1.17. The van der Waals surface area contributed by atoms with E-state index in [4.69, 9.17) is 10.5 Å². The van der Waals surface area contributed by atoms with E-state index in [1.54, 1.807) is 6.07 Å². The second-order valence-corrected chi connectivity index (χ2v) is 7.04. The maximum absolute atomic E-state index is 13.5. The Bertz CT molecular complexity index is 487. The highest BCUT2D eigenvalue weighted by Gasteiger charge is 2.25. The van der Waals surface area contributed by atoms with Crippen LogP contribution >= 0.6 is 0 Å². The van der Waals surface area contributed by atoms with Crippen LogP contribution in [0.4, 0.5) is 10.1 Å². The van der Waals surface area contributed by atoms with Crippen LogP contribution in [0.15, 0.2) is 18.2 Å². The van der Waals surface area contributed by atoms with Gasteiger partial charge >= 0.3 is 0 Å². The van der Waals surface area contributed by atoms with Gasteiger partial charge in [0.05, 0.1) is 18.9 Å². The molecule has 1 aromatic carbocycles. The zero-order chi connectivity index (χ0) is 16.2. The molecule has 2 rings (SSSR count). The molecule has 1 heterocycles. The van der Waals surface area contributed by atoms with Crippen LogP contribution in [0.1, 0.15) is 19.4 Å². The van der Waals surface area contributed by atoms with Crippen molar-refractivity contribution in [2.24, 2.45) is 5.41 Å². The molecule has 0 spiro atoms. The van der Waals surface area contributed by atoms with E-state index < -0.39 is 0 Å². The van der Waals surface area contributed by atoms with Crippen molar-refractivity contribution in [1.29, 1.82) is 0 Å². The number of anilines is 1. The Labute approximate surface area is 133 Å². The minimum atomic E-state index is -0.335. The molecule has 0 saturated carbocycles. The Balaban J connectivity index is 1.89. The van der Waals surface area contributed by atoms with Gasteiger partial charge in [-0.25, -0.2) is 4.39 Å². The van der Waals surface area contributed by atoms with Gasteiger partial charge in [0.1, 0.15) is 5.82 Å². The van der Waals surface area contributed by atoms with Gasteiger partial charge < -0.3 is 15.4 Å². The van der Waals surface area contributed by atoms with Gasteiger partial charge in [-0.15, -0.1) is 0 Å². The average molecular weight is 309 g/mol. The lowest BCUT2D eigenvalue weighted by Crippen LogP contribution is -2.45. The first-order valence-corrected chi connectivity index (χ1v) is 7.89. The van der Waals surface area contributed by atoms with Gasteiger partial charge in [0.15, 0.2) is 0 Å². The zero-order valence-corrected chi connectivity index (χ0v) is 13.9. The number of nitrogens with zero attached hydrogens (tertiary/aromatic N) is 2. The molecule has 1 fully saturated rings. The number of halogens is 1. The molecule has 0 atom stereocenters. The summed E-state index contributed by atoms with van der Waals surface area (Å²) in [6.07, 6.45) is 0. The fraction of sp³-hybridized carbons (Fsp3) is 0.647. The van der Waals surface area contributed by atoms with Crippen LogP contribution in [0.2, 0.25) is 0 Å². The normalized spacial score (nSPS) is 17.1. The number of nitrogen functional groups attached to an aromatic ring is 1. The zero-order valence-electron chi connectivity index (χ0n) is 13.9. The third kappa shape index (κ3) is 4.93. The molecule has 22 heavy (non-hydrogen) atoms. The van der Waals surface area contributed by atoms with Gasteiger partial charge in [-0.1, -0.05) is 26.0 Å². The summed E-state index contributed by atoms with van der Waals surface area (Å²) in [4.78, 5) is 4.67. The molecule has 0 bridgehead atoms. The topological polar surface area (TPSA) is 41.7 Å². The number of nitrogens with two attached hydrogens (primary N) is 1. The number of hydrogen-bond donors (Lipinski definition) is 1. The first-order chi connectivity index (χ1) is 10.4. The van der Waals surface area contributed by atoms with Gasteiger partial charge in [0.2, 0.25) is 0 Å². The predicted octanol–water partition coefficient (Wildman–Crippen LogP) is 2.20. The molecule has 5 heteroatoms. The summed E-state index contributed by atoms with van der Waals surface area (Å²) in [5.41, 5.74) is 7.10. The molecule has 0 unspecified atom stereocenters. The first kappa shape index (κ1) is 17.2. The minimum absolute atomic E-state index is 0.161. The van der Waals surface area contributed by atoms with Crippen molar-refractivity contribution >= 4 is 5.69 Å². The maximum Gasteiger partial charge on any atom is 0.146 e. The summed E-state index contributed by atoms with van der Waals surface area (Å²) in [7, 11) is 2.06. The molecule has 124 valence electrons. The van der Waals surface area contributed by atoms with E-state index in [-0.39, 0.29) is 16.9 Å². The van der Waals surface area contributed by atoms with Crippen molar-refractivity contribution in [3.63, 3.8) is 0 Å². The SMILES string of the molecule is CN(Cc1cccc(F)c1N)CC(C)(C)CN1CCOCC1. The summed E-state index contributed by atoms with van der Waals surface area (Å²) >= 11 is 0. The quantitative estimate of drug-likeness (QED) is 0.818. The van der Waals surface area contributed by atoms with E-state index in [0.29, 0.717) is 6.54 Å². The smallest absolute Gasteiger partial charge is 0.146 e. The van der Waals surface area contributed by atoms with Crippen LogP contribution in [0.5, 0.6) is 0 Å². The van der Waals surface area contributed by atoms with Crippen molar-refractivity contribution < 1.29 is 9.13 Å². The molecule has 0 amide bonds. The highest BCUT2D eigenvalue weighted by Crippen LogP contribution is 2.22. The van der Waals surface area contributed by atoms with Crippen LogP contribution in [-0.2, 0) is 11.3 Å². The van der Waals surface area contributed by atoms with Crippen LogP contribution in [0.3, 0.4) is 0 Å². The van der Waals surface area contributed by atoms with Crippen molar-refractivity contribution in [2.45, 2.75) is 20.4 Å². The summed E-state index contributed by atoms with van der Waals surface area (Å²) < 4.78 is 18.9. The van der Waals surface area contributed by atoms with Crippen LogP contribution in [-0.4, -0.2) is 56.2 Å². The van der Waals surface area contributed by atoms with E-state index in [0.717, 1.165) is 45.0 Å². The molecule has 0 aliphatic carbocycles. The Kier molecular flexibility index (Phi) is 5.78. The van der Waals surface area contributed by atoms with Crippen molar-refractivity contribution in [2.75, 3.05) is 52.2 Å². The average Bonchev–Trinajstić information content (AvgIpc) is 2.43. The van der Waals surface area contributed by atoms with Gasteiger partial charge in [0.25, 0.3) is 0 Å². The van der Waals surface area contributed by atoms with Crippen LogP contribution < -0.4 is 5.73 Å². The molecule has 0 aromatic heterocycles.